The molecule has 1 aromatic rings. The van der Waals surface area contributed by atoms with Crippen molar-refractivity contribution in [2.75, 3.05) is 24.6 Å². The van der Waals surface area contributed by atoms with Crippen molar-refractivity contribution < 1.29 is 27.5 Å². The van der Waals surface area contributed by atoms with Gasteiger partial charge >= 0.3 is 11.9 Å². The molecule has 8 nitrogen and oxygen atoms in total. The topological polar surface area (TPSA) is 116 Å². The number of carbonyl (C=O) groups excluding carboxylic acids is 2. The van der Waals surface area contributed by atoms with Crippen molar-refractivity contribution >= 4 is 27.8 Å². The van der Waals surface area contributed by atoms with E-state index in [4.69, 9.17) is 9.88 Å². The highest BCUT2D eigenvalue weighted by Crippen LogP contribution is 2.17. The molecule has 0 atom stereocenters. The molecule has 0 saturated carbocycles. The molecule has 116 valence electrons. The first-order valence-corrected chi connectivity index (χ1v) is 7.44. The highest BCUT2D eigenvalue weighted by molar-refractivity contribution is 7.90. The minimum absolute atomic E-state index is 0.124. The third kappa shape index (κ3) is 4.72. The highest BCUT2D eigenvalue weighted by atomic mass is 32.2. The van der Waals surface area contributed by atoms with Crippen molar-refractivity contribution in [2.45, 2.75) is 6.92 Å². The number of nitrogens with zero attached hydrogens (tertiary/aromatic N) is 1. The summed E-state index contributed by atoms with van der Waals surface area (Å²) in [6, 6.07) is 5.42. The summed E-state index contributed by atoms with van der Waals surface area (Å²) in [5.41, 5.74) is 0.380. The van der Waals surface area contributed by atoms with E-state index in [-0.39, 0.29) is 17.9 Å². The van der Waals surface area contributed by atoms with Crippen LogP contribution in [-0.2, 0) is 24.5 Å². The number of methoxy groups -OCH3 is 1. The summed E-state index contributed by atoms with van der Waals surface area (Å²) >= 11 is 0. The van der Waals surface area contributed by atoms with Gasteiger partial charge in [-0.25, -0.2) is 14.2 Å². The van der Waals surface area contributed by atoms with Crippen molar-refractivity contribution in [2.24, 2.45) is 5.14 Å². The smallest absolute Gasteiger partial charge is 0.337 e. The minimum Gasteiger partial charge on any atom is -0.465 e. The van der Waals surface area contributed by atoms with E-state index >= 15 is 0 Å². The van der Waals surface area contributed by atoms with Crippen LogP contribution in [0.5, 0.6) is 0 Å². The quantitative estimate of drug-likeness (QED) is 0.741. The number of benzene rings is 1. The van der Waals surface area contributed by atoms with Crippen LogP contribution in [0, 0.1) is 0 Å². The van der Waals surface area contributed by atoms with Crippen molar-refractivity contribution in [1.29, 1.82) is 0 Å². The van der Waals surface area contributed by atoms with Crippen molar-refractivity contribution in [1.82, 2.24) is 0 Å². The molecule has 0 aromatic heterocycles. The number of ether oxygens (including phenoxy) is 2. The van der Waals surface area contributed by atoms with Crippen LogP contribution in [0.1, 0.15) is 17.3 Å². The summed E-state index contributed by atoms with van der Waals surface area (Å²) in [5.74, 6) is -1.29. The number of nitrogens with two attached hydrogens (primary N) is 1. The third-order valence-corrected chi connectivity index (χ3v) is 3.42. The number of carbonyl (C=O) groups is 2. The summed E-state index contributed by atoms with van der Waals surface area (Å²) in [5, 5.41) is 5.08. The average Bonchev–Trinajstić information content (AvgIpc) is 2.43. The third-order valence-electron chi connectivity index (χ3n) is 2.46. The van der Waals surface area contributed by atoms with Crippen LogP contribution in [-0.4, -0.2) is 40.6 Å². The number of rotatable bonds is 6. The Bertz CT molecular complexity index is 611. The van der Waals surface area contributed by atoms with Gasteiger partial charge in [0.25, 0.3) is 10.2 Å². The van der Waals surface area contributed by atoms with Gasteiger partial charge in [-0.3, -0.25) is 4.79 Å². The van der Waals surface area contributed by atoms with E-state index in [0.29, 0.717) is 4.31 Å². The Balaban J connectivity index is 3.05. The molecule has 0 spiro atoms. The van der Waals surface area contributed by atoms with Gasteiger partial charge in [0, 0.05) is 0 Å². The minimum atomic E-state index is -4.15. The Morgan fingerprint density at radius 3 is 2.24 bits per heavy atom. The zero-order valence-corrected chi connectivity index (χ0v) is 12.4. The molecule has 0 fully saturated rings. The molecule has 0 aliphatic rings. The molecule has 2 N–H and O–H groups in total. The number of hydrogen-bond acceptors (Lipinski definition) is 6. The maximum absolute atomic E-state index is 11.6. The molecule has 0 saturated heterocycles. The second-order valence-corrected chi connectivity index (χ2v) is 5.37. The highest BCUT2D eigenvalue weighted by Gasteiger charge is 2.22. The summed E-state index contributed by atoms with van der Waals surface area (Å²) < 4.78 is 33.0. The van der Waals surface area contributed by atoms with Gasteiger partial charge in [-0.1, -0.05) is 0 Å². The molecule has 0 amide bonds. The predicted molar refractivity (Wildman–Crippen MR) is 74.9 cm³/mol. The maximum atomic E-state index is 11.6. The Hall–Kier alpha value is -2.13. The Labute approximate surface area is 122 Å². The van der Waals surface area contributed by atoms with E-state index in [1.807, 2.05) is 0 Å². The molecule has 21 heavy (non-hydrogen) atoms. The fourth-order valence-electron chi connectivity index (χ4n) is 1.53. The number of esters is 2. The Morgan fingerprint density at radius 2 is 1.81 bits per heavy atom. The first-order valence-electron chi connectivity index (χ1n) is 5.94. The molecule has 1 aromatic carbocycles. The van der Waals surface area contributed by atoms with Crippen LogP contribution >= 0.6 is 0 Å². The van der Waals surface area contributed by atoms with Gasteiger partial charge in [0.2, 0.25) is 0 Å². The van der Waals surface area contributed by atoms with E-state index in [1.54, 1.807) is 6.92 Å². The molecular formula is C12H16N2O6S. The second-order valence-electron chi connectivity index (χ2n) is 3.90. The Morgan fingerprint density at radius 1 is 1.24 bits per heavy atom. The summed E-state index contributed by atoms with van der Waals surface area (Å²) in [6.07, 6.45) is 0. The lowest BCUT2D eigenvalue weighted by Crippen LogP contribution is -2.40. The van der Waals surface area contributed by atoms with Gasteiger partial charge in [-0.05, 0) is 31.2 Å². The lowest BCUT2D eigenvalue weighted by atomic mass is 10.2. The van der Waals surface area contributed by atoms with E-state index in [9.17, 15) is 18.0 Å². The molecule has 1 rings (SSSR count). The molecule has 0 unspecified atom stereocenters. The second kappa shape index (κ2) is 7.04. The fraction of sp³-hybridized carbons (Fsp3) is 0.333. The van der Waals surface area contributed by atoms with E-state index in [0.717, 1.165) is 0 Å². The normalized spacial score (nSPS) is 10.8. The zero-order chi connectivity index (χ0) is 16.0. The molecular weight excluding hydrogens is 300 g/mol. The lowest BCUT2D eigenvalue weighted by molar-refractivity contribution is -0.141. The molecule has 9 heteroatoms. The van der Waals surface area contributed by atoms with Crippen molar-refractivity contribution in [3.8, 4) is 0 Å². The fourth-order valence-corrected chi connectivity index (χ4v) is 2.23. The van der Waals surface area contributed by atoms with Gasteiger partial charge < -0.3 is 9.47 Å². The van der Waals surface area contributed by atoms with Crippen LogP contribution in [0.4, 0.5) is 5.69 Å². The maximum Gasteiger partial charge on any atom is 0.337 e. The summed E-state index contributed by atoms with van der Waals surface area (Å²) in [7, 11) is -2.92. The van der Waals surface area contributed by atoms with Crippen LogP contribution < -0.4 is 9.44 Å². The standard InChI is InChI=1S/C12H16N2O6S/c1-3-20-11(15)8-14(21(13,17)18)10-6-4-9(5-7-10)12(16)19-2/h4-7H,3,8H2,1-2H3,(H2,13,17,18). The van der Waals surface area contributed by atoms with Crippen molar-refractivity contribution in [3.05, 3.63) is 29.8 Å². The SMILES string of the molecule is CCOC(=O)CN(c1ccc(C(=O)OC)cc1)S(N)(=O)=O. The largest absolute Gasteiger partial charge is 0.465 e. The van der Waals surface area contributed by atoms with E-state index < -0.39 is 28.7 Å². The lowest BCUT2D eigenvalue weighted by Gasteiger charge is -2.20. The summed E-state index contributed by atoms with van der Waals surface area (Å²) in [4.78, 5) is 22.7. The molecule has 0 aliphatic carbocycles. The molecule has 0 bridgehead atoms. The van der Waals surface area contributed by atoms with Crippen LogP contribution in [0.3, 0.4) is 0 Å². The first-order chi connectivity index (χ1) is 9.79. The van der Waals surface area contributed by atoms with Crippen LogP contribution in [0.2, 0.25) is 0 Å². The monoisotopic (exact) mass is 316 g/mol. The molecule has 0 radical (unpaired) electrons. The van der Waals surface area contributed by atoms with Gasteiger partial charge in [0.15, 0.2) is 0 Å². The van der Waals surface area contributed by atoms with E-state index in [2.05, 4.69) is 4.74 Å². The van der Waals surface area contributed by atoms with E-state index in [1.165, 1.54) is 31.4 Å². The average molecular weight is 316 g/mol. The first kappa shape index (κ1) is 16.9. The Kier molecular flexibility index (Phi) is 5.68. The molecule has 0 aliphatic heterocycles. The number of hydrogen-bond donors (Lipinski definition) is 1. The molecule has 0 heterocycles. The van der Waals surface area contributed by atoms with Gasteiger partial charge in [0.05, 0.1) is 25.0 Å². The van der Waals surface area contributed by atoms with Crippen molar-refractivity contribution in [3.63, 3.8) is 0 Å². The van der Waals surface area contributed by atoms with Gasteiger partial charge in [0.1, 0.15) is 6.54 Å². The zero-order valence-electron chi connectivity index (χ0n) is 11.6. The van der Waals surface area contributed by atoms with Gasteiger partial charge in [-0.15, -0.1) is 0 Å². The number of anilines is 1. The van der Waals surface area contributed by atoms with Crippen LogP contribution in [0.15, 0.2) is 24.3 Å². The van der Waals surface area contributed by atoms with Crippen LogP contribution in [0.25, 0.3) is 0 Å². The predicted octanol–water partition coefficient (Wildman–Crippen LogP) is 0.0462. The summed E-state index contributed by atoms with van der Waals surface area (Å²) in [6.45, 7) is 1.17. The van der Waals surface area contributed by atoms with Gasteiger partial charge in [-0.2, -0.15) is 8.42 Å².